The summed E-state index contributed by atoms with van der Waals surface area (Å²) in [6.45, 7) is 9.55. The van der Waals surface area contributed by atoms with Gasteiger partial charge in [0.25, 0.3) is 0 Å². The van der Waals surface area contributed by atoms with Crippen LogP contribution < -0.4 is 0 Å². The number of esters is 2. The Morgan fingerprint density at radius 2 is 1.37 bits per heavy atom. The van der Waals surface area contributed by atoms with Crippen molar-refractivity contribution in [3.63, 3.8) is 0 Å². The summed E-state index contributed by atoms with van der Waals surface area (Å²) in [6, 6.07) is 0. The molecule has 0 aliphatic rings. The maximum Gasteiger partial charge on any atom is 0.314 e. The first-order valence-corrected chi connectivity index (χ1v) is 6.56. The van der Waals surface area contributed by atoms with Crippen molar-refractivity contribution in [1.29, 1.82) is 0 Å². The smallest absolute Gasteiger partial charge is 0.314 e. The van der Waals surface area contributed by atoms with Crippen molar-refractivity contribution in [2.75, 3.05) is 0 Å². The number of allylic oxidation sites excluding steroid dienone is 2. The van der Waals surface area contributed by atoms with Crippen LogP contribution in [0, 0.1) is 17.8 Å². The van der Waals surface area contributed by atoms with Crippen molar-refractivity contribution in [3.8, 4) is 0 Å². The fourth-order valence-electron chi connectivity index (χ4n) is 1.03. The predicted octanol–water partition coefficient (Wildman–Crippen LogP) is 3.44. The van der Waals surface area contributed by atoms with Gasteiger partial charge >= 0.3 is 11.9 Å². The zero-order valence-corrected chi connectivity index (χ0v) is 12.4. The van der Waals surface area contributed by atoms with Crippen LogP contribution in [-0.2, 0) is 19.1 Å². The second-order valence-electron chi connectivity index (χ2n) is 5.18. The number of hydrogen-bond donors (Lipinski definition) is 0. The Balaban J connectivity index is 4.04. The van der Waals surface area contributed by atoms with Gasteiger partial charge in [-0.3, -0.25) is 9.59 Å². The lowest BCUT2D eigenvalue weighted by molar-refractivity contribution is -0.148. The third-order valence-corrected chi connectivity index (χ3v) is 2.19. The summed E-state index contributed by atoms with van der Waals surface area (Å²) < 4.78 is 9.78. The predicted molar refractivity (Wildman–Crippen MR) is 73.9 cm³/mol. The number of hydrogen-bond acceptors (Lipinski definition) is 4. The molecule has 0 aromatic carbocycles. The highest BCUT2D eigenvalue weighted by Gasteiger charge is 2.18. The minimum atomic E-state index is -0.517. The highest BCUT2D eigenvalue weighted by Crippen LogP contribution is 2.07. The Labute approximate surface area is 115 Å². The van der Waals surface area contributed by atoms with E-state index in [-0.39, 0.29) is 6.42 Å². The Kier molecular flexibility index (Phi) is 8.58. The van der Waals surface area contributed by atoms with Crippen molar-refractivity contribution in [2.24, 2.45) is 17.8 Å². The van der Waals surface area contributed by atoms with Gasteiger partial charge in [-0.2, -0.15) is 0 Å². The number of ether oxygens (including phenoxy) is 2. The topological polar surface area (TPSA) is 52.6 Å². The average molecular weight is 268 g/mol. The van der Waals surface area contributed by atoms with E-state index in [2.05, 4.69) is 0 Å². The molecule has 1 unspecified atom stereocenters. The van der Waals surface area contributed by atoms with Crippen molar-refractivity contribution in [1.82, 2.24) is 0 Å². The molecule has 0 amide bonds. The Hall–Kier alpha value is -1.58. The molecule has 0 aliphatic carbocycles. The maximum absolute atomic E-state index is 11.5. The standard InChI is InChI=1S/C15H24O4/c1-11(2)6-8-18-14(16)10-13(5)15(17)19-9-7-12(3)4/h6-9,11-13H,10H2,1-5H3. The third-order valence-electron chi connectivity index (χ3n) is 2.19. The maximum atomic E-state index is 11.5. The molecule has 0 rings (SSSR count). The van der Waals surface area contributed by atoms with Gasteiger partial charge in [-0.15, -0.1) is 0 Å². The molecule has 0 aromatic heterocycles. The van der Waals surface area contributed by atoms with Crippen LogP contribution in [0.1, 0.15) is 41.0 Å². The highest BCUT2D eigenvalue weighted by atomic mass is 16.5. The Morgan fingerprint density at radius 1 is 0.895 bits per heavy atom. The van der Waals surface area contributed by atoms with E-state index in [4.69, 9.17) is 9.47 Å². The van der Waals surface area contributed by atoms with Gasteiger partial charge in [0.05, 0.1) is 24.9 Å². The number of carbonyl (C=O) groups excluding carboxylic acids is 2. The molecule has 1 atom stereocenters. The molecule has 0 saturated carbocycles. The lowest BCUT2D eigenvalue weighted by Gasteiger charge is -2.07. The summed E-state index contributed by atoms with van der Waals surface area (Å²) in [5.74, 6) is -0.752. The fourth-order valence-corrected chi connectivity index (χ4v) is 1.03. The molecule has 0 aliphatic heterocycles. The summed E-state index contributed by atoms with van der Waals surface area (Å²) in [6.07, 6.45) is 6.29. The van der Waals surface area contributed by atoms with Gasteiger partial charge in [0, 0.05) is 0 Å². The monoisotopic (exact) mass is 268 g/mol. The van der Waals surface area contributed by atoms with Crippen LogP contribution in [0.15, 0.2) is 24.7 Å². The summed E-state index contributed by atoms with van der Waals surface area (Å²) in [5.41, 5.74) is 0. The quantitative estimate of drug-likeness (QED) is 0.524. The zero-order chi connectivity index (χ0) is 14.8. The lowest BCUT2D eigenvalue weighted by atomic mass is 10.1. The number of rotatable bonds is 7. The molecule has 0 aromatic rings. The van der Waals surface area contributed by atoms with E-state index >= 15 is 0 Å². The van der Waals surface area contributed by atoms with E-state index in [0.29, 0.717) is 11.8 Å². The van der Waals surface area contributed by atoms with Crippen LogP contribution in [0.3, 0.4) is 0 Å². The molecular formula is C15H24O4. The SMILES string of the molecule is CC(C)C=COC(=O)CC(C)C(=O)OC=CC(C)C. The van der Waals surface area contributed by atoms with E-state index in [1.165, 1.54) is 12.5 Å². The van der Waals surface area contributed by atoms with E-state index in [0.717, 1.165) is 0 Å². The lowest BCUT2D eigenvalue weighted by Crippen LogP contribution is -2.17. The second-order valence-corrected chi connectivity index (χ2v) is 5.18. The van der Waals surface area contributed by atoms with E-state index in [1.807, 2.05) is 27.7 Å². The van der Waals surface area contributed by atoms with E-state index in [9.17, 15) is 9.59 Å². The van der Waals surface area contributed by atoms with Gasteiger partial charge in [-0.25, -0.2) is 0 Å². The first-order valence-electron chi connectivity index (χ1n) is 6.56. The normalized spacial score (nSPS) is 13.4. The molecule has 4 nitrogen and oxygen atoms in total. The zero-order valence-electron chi connectivity index (χ0n) is 12.4. The van der Waals surface area contributed by atoms with Crippen LogP contribution in [-0.4, -0.2) is 11.9 Å². The minimum absolute atomic E-state index is 0.0107. The molecule has 108 valence electrons. The molecule has 0 spiro atoms. The van der Waals surface area contributed by atoms with Crippen LogP contribution in [0.4, 0.5) is 0 Å². The molecule has 4 heteroatoms. The van der Waals surface area contributed by atoms with Gasteiger partial charge in [-0.05, 0) is 24.0 Å². The molecule has 0 bridgehead atoms. The fraction of sp³-hybridized carbons (Fsp3) is 0.600. The molecule has 0 N–H and O–H groups in total. The Bertz CT molecular complexity index is 340. The van der Waals surface area contributed by atoms with E-state index < -0.39 is 17.9 Å². The van der Waals surface area contributed by atoms with Crippen molar-refractivity contribution in [3.05, 3.63) is 24.7 Å². The van der Waals surface area contributed by atoms with Gasteiger partial charge in [0.15, 0.2) is 0 Å². The van der Waals surface area contributed by atoms with Crippen LogP contribution >= 0.6 is 0 Å². The van der Waals surface area contributed by atoms with Gasteiger partial charge in [0.2, 0.25) is 0 Å². The summed E-state index contributed by atoms with van der Waals surface area (Å²) in [4.78, 5) is 23.0. The van der Waals surface area contributed by atoms with Crippen molar-refractivity contribution < 1.29 is 19.1 Å². The molecule has 0 heterocycles. The third kappa shape index (κ3) is 10.1. The largest absolute Gasteiger partial charge is 0.435 e. The van der Waals surface area contributed by atoms with Crippen LogP contribution in [0.2, 0.25) is 0 Å². The van der Waals surface area contributed by atoms with Crippen LogP contribution in [0.5, 0.6) is 0 Å². The van der Waals surface area contributed by atoms with Crippen LogP contribution in [0.25, 0.3) is 0 Å². The van der Waals surface area contributed by atoms with Gasteiger partial charge in [0.1, 0.15) is 0 Å². The van der Waals surface area contributed by atoms with Crippen molar-refractivity contribution >= 4 is 11.9 Å². The average Bonchev–Trinajstić information content (AvgIpc) is 2.27. The molecular weight excluding hydrogens is 244 g/mol. The number of carbonyl (C=O) groups is 2. The van der Waals surface area contributed by atoms with Gasteiger partial charge in [-0.1, -0.05) is 34.6 Å². The first kappa shape index (κ1) is 17.4. The van der Waals surface area contributed by atoms with Gasteiger partial charge < -0.3 is 9.47 Å². The summed E-state index contributed by atoms with van der Waals surface area (Å²) in [5, 5.41) is 0. The Morgan fingerprint density at radius 3 is 1.84 bits per heavy atom. The van der Waals surface area contributed by atoms with E-state index in [1.54, 1.807) is 19.1 Å². The molecule has 0 fully saturated rings. The molecule has 0 saturated heterocycles. The molecule has 19 heavy (non-hydrogen) atoms. The summed E-state index contributed by atoms with van der Waals surface area (Å²) >= 11 is 0. The molecule has 0 radical (unpaired) electrons. The minimum Gasteiger partial charge on any atom is -0.435 e. The second kappa shape index (κ2) is 9.36. The first-order chi connectivity index (χ1) is 8.82. The summed E-state index contributed by atoms with van der Waals surface area (Å²) in [7, 11) is 0. The highest BCUT2D eigenvalue weighted by molar-refractivity contribution is 5.80. The van der Waals surface area contributed by atoms with Crippen molar-refractivity contribution in [2.45, 2.75) is 41.0 Å².